The Morgan fingerprint density at radius 1 is 0.968 bits per heavy atom. The van der Waals surface area contributed by atoms with Crippen molar-refractivity contribution in [1.82, 2.24) is 4.90 Å². The second-order valence-electron chi connectivity index (χ2n) is 7.66. The van der Waals surface area contributed by atoms with Crippen LogP contribution in [0.5, 0.6) is 0 Å². The molecule has 0 saturated carbocycles. The zero-order valence-corrected chi connectivity index (χ0v) is 18.6. The molecule has 2 unspecified atom stereocenters. The van der Waals surface area contributed by atoms with E-state index in [1.807, 2.05) is 84.9 Å². The number of nitrogens with zero attached hydrogens (tertiary/aromatic N) is 1. The molecule has 1 aliphatic rings. The number of amides is 1. The van der Waals surface area contributed by atoms with Crippen molar-refractivity contribution >= 4 is 28.0 Å². The Balaban J connectivity index is 1.65. The van der Waals surface area contributed by atoms with Gasteiger partial charge in [-0.15, -0.1) is 0 Å². The number of cyclic esters (lactones) is 1. The predicted molar refractivity (Wildman–Crippen MR) is 120 cm³/mol. The molecule has 1 fully saturated rings. The van der Waals surface area contributed by atoms with Gasteiger partial charge in [0.25, 0.3) is 0 Å². The molecule has 0 aromatic heterocycles. The van der Waals surface area contributed by atoms with Crippen LogP contribution in [0.15, 0.2) is 89.4 Å². The fraction of sp³-hybridized carbons (Fsp3) is 0.200. The smallest absolute Gasteiger partial charge is 0.414 e. The Bertz CT molecular complexity index is 1060. The highest BCUT2D eigenvalue weighted by Crippen LogP contribution is 2.40. The van der Waals surface area contributed by atoms with Crippen molar-refractivity contribution in [2.75, 3.05) is 0 Å². The number of esters is 1. The highest BCUT2D eigenvalue weighted by atomic mass is 79.9. The summed E-state index contributed by atoms with van der Waals surface area (Å²) in [5.41, 5.74) is 1.29. The van der Waals surface area contributed by atoms with Gasteiger partial charge >= 0.3 is 12.1 Å². The maximum atomic E-state index is 13.3. The second-order valence-corrected chi connectivity index (χ2v) is 8.57. The third-order valence-corrected chi connectivity index (χ3v) is 5.90. The zero-order valence-electron chi connectivity index (χ0n) is 17.0. The monoisotopic (exact) mass is 479 g/mol. The molecule has 6 heteroatoms. The van der Waals surface area contributed by atoms with Crippen molar-refractivity contribution in [2.45, 2.75) is 31.7 Å². The summed E-state index contributed by atoms with van der Waals surface area (Å²) in [4.78, 5) is 27.8. The van der Waals surface area contributed by atoms with E-state index < -0.39 is 23.8 Å². The first-order chi connectivity index (χ1) is 15.0. The molecule has 0 N–H and O–H groups in total. The number of benzene rings is 3. The fourth-order valence-electron chi connectivity index (χ4n) is 3.72. The molecule has 0 aliphatic carbocycles. The van der Waals surface area contributed by atoms with Crippen molar-refractivity contribution in [3.05, 3.63) is 106 Å². The average Bonchev–Trinajstić information content (AvgIpc) is 3.05. The molecule has 31 heavy (non-hydrogen) atoms. The largest absolute Gasteiger partial charge is 0.444 e. The van der Waals surface area contributed by atoms with E-state index in [1.165, 1.54) is 4.90 Å². The molecule has 5 nitrogen and oxygen atoms in total. The molecule has 0 spiro atoms. The summed E-state index contributed by atoms with van der Waals surface area (Å²) in [5.74, 6) is -0.457. The molecular formula is C25H22BrNO4. The van der Waals surface area contributed by atoms with E-state index in [0.717, 1.165) is 15.6 Å². The van der Waals surface area contributed by atoms with E-state index in [0.29, 0.717) is 12.0 Å². The minimum atomic E-state index is -1.21. The SMILES string of the molecule is CC1(Cc2ccc(Br)cc2)C(=O)OC(c2ccccc2)N1C(=O)OCc1ccccc1. The van der Waals surface area contributed by atoms with Gasteiger partial charge in [0.1, 0.15) is 12.1 Å². The lowest BCUT2D eigenvalue weighted by Gasteiger charge is -2.33. The van der Waals surface area contributed by atoms with Gasteiger partial charge in [-0.2, -0.15) is 0 Å². The predicted octanol–water partition coefficient (Wildman–Crippen LogP) is 5.64. The molecule has 2 atom stereocenters. The summed E-state index contributed by atoms with van der Waals surface area (Å²) in [6.45, 7) is 1.84. The van der Waals surface area contributed by atoms with Crippen LogP contribution in [0.3, 0.4) is 0 Å². The maximum absolute atomic E-state index is 13.3. The Kier molecular flexibility index (Phi) is 6.09. The molecule has 3 aromatic rings. The van der Waals surface area contributed by atoms with Crippen LogP contribution < -0.4 is 0 Å². The summed E-state index contributed by atoms with van der Waals surface area (Å²) in [6, 6.07) is 26.3. The Morgan fingerprint density at radius 2 is 1.58 bits per heavy atom. The minimum absolute atomic E-state index is 0.111. The van der Waals surface area contributed by atoms with E-state index in [-0.39, 0.29) is 6.61 Å². The third-order valence-electron chi connectivity index (χ3n) is 5.37. The fourth-order valence-corrected chi connectivity index (χ4v) is 3.98. The summed E-state index contributed by atoms with van der Waals surface area (Å²) in [5, 5.41) is 0. The van der Waals surface area contributed by atoms with Crippen molar-refractivity contribution in [3.63, 3.8) is 0 Å². The number of carbonyl (C=O) groups is 2. The summed E-state index contributed by atoms with van der Waals surface area (Å²) in [6.07, 6.45) is -1.14. The normalized spacial score (nSPS) is 20.4. The zero-order chi connectivity index (χ0) is 21.8. The topological polar surface area (TPSA) is 55.8 Å². The van der Waals surface area contributed by atoms with Crippen LogP contribution >= 0.6 is 15.9 Å². The van der Waals surface area contributed by atoms with Crippen molar-refractivity contribution < 1.29 is 19.1 Å². The van der Waals surface area contributed by atoms with E-state index >= 15 is 0 Å². The van der Waals surface area contributed by atoms with E-state index in [2.05, 4.69) is 15.9 Å². The number of hydrogen-bond donors (Lipinski definition) is 0. The number of hydrogen-bond acceptors (Lipinski definition) is 4. The molecule has 158 valence electrons. The van der Waals surface area contributed by atoms with E-state index in [9.17, 15) is 9.59 Å². The van der Waals surface area contributed by atoms with Gasteiger partial charge < -0.3 is 9.47 Å². The molecule has 3 aromatic carbocycles. The number of carbonyl (C=O) groups excluding carboxylic acids is 2. The molecule has 1 heterocycles. The molecule has 4 rings (SSSR count). The van der Waals surface area contributed by atoms with E-state index in [1.54, 1.807) is 6.92 Å². The first-order valence-corrected chi connectivity index (χ1v) is 10.8. The molecule has 1 saturated heterocycles. The quantitative estimate of drug-likeness (QED) is 0.444. The Hall–Kier alpha value is -3.12. The first-order valence-electron chi connectivity index (χ1n) is 9.98. The van der Waals surface area contributed by atoms with Gasteiger partial charge in [0.15, 0.2) is 0 Å². The van der Waals surface area contributed by atoms with Gasteiger partial charge in [0.2, 0.25) is 6.23 Å². The lowest BCUT2D eigenvalue weighted by atomic mass is 9.91. The third kappa shape index (κ3) is 4.49. The molecular weight excluding hydrogens is 458 g/mol. The van der Waals surface area contributed by atoms with Crippen molar-refractivity contribution in [1.29, 1.82) is 0 Å². The van der Waals surface area contributed by atoms with Gasteiger partial charge in [-0.05, 0) is 30.2 Å². The molecule has 0 bridgehead atoms. The van der Waals surface area contributed by atoms with Gasteiger partial charge in [0, 0.05) is 16.5 Å². The van der Waals surface area contributed by atoms with E-state index in [4.69, 9.17) is 9.47 Å². The number of halogens is 1. The maximum Gasteiger partial charge on any atom is 0.414 e. The number of ether oxygens (including phenoxy) is 2. The Labute approximate surface area is 189 Å². The standard InChI is InChI=1S/C25H22BrNO4/c1-25(16-18-12-14-21(26)15-13-18)23(28)31-22(20-10-6-3-7-11-20)27(25)24(29)30-17-19-8-4-2-5-9-19/h2-15,22H,16-17H2,1H3. The minimum Gasteiger partial charge on any atom is -0.444 e. The molecule has 1 aliphatic heterocycles. The van der Waals surface area contributed by atoms with Crippen LogP contribution in [0.25, 0.3) is 0 Å². The highest BCUT2D eigenvalue weighted by molar-refractivity contribution is 9.10. The van der Waals surface area contributed by atoms with Gasteiger partial charge in [-0.3, -0.25) is 4.90 Å². The number of rotatable bonds is 5. The summed E-state index contributed by atoms with van der Waals surface area (Å²) < 4.78 is 12.3. The molecule has 0 radical (unpaired) electrons. The van der Waals surface area contributed by atoms with Crippen LogP contribution in [-0.4, -0.2) is 22.5 Å². The van der Waals surface area contributed by atoms with Crippen molar-refractivity contribution in [2.24, 2.45) is 0 Å². The highest BCUT2D eigenvalue weighted by Gasteiger charge is 2.55. The van der Waals surface area contributed by atoms with Crippen LogP contribution in [-0.2, 0) is 27.3 Å². The van der Waals surface area contributed by atoms with Crippen LogP contribution in [0, 0.1) is 0 Å². The van der Waals surface area contributed by atoms with Gasteiger partial charge in [-0.25, -0.2) is 9.59 Å². The lowest BCUT2D eigenvalue weighted by molar-refractivity contribution is -0.145. The van der Waals surface area contributed by atoms with Gasteiger partial charge in [-0.1, -0.05) is 88.7 Å². The summed E-state index contributed by atoms with van der Waals surface area (Å²) >= 11 is 3.43. The van der Waals surface area contributed by atoms with Gasteiger partial charge in [0.05, 0.1) is 0 Å². The van der Waals surface area contributed by atoms with Crippen LogP contribution in [0.2, 0.25) is 0 Å². The Morgan fingerprint density at radius 3 is 2.23 bits per heavy atom. The first kappa shape index (κ1) is 21.1. The lowest BCUT2D eigenvalue weighted by Crippen LogP contribution is -2.51. The summed E-state index contributed by atoms with van der Waals surface area (Å²) in [7, 11) is 0. The second kappa shape index (κ2) is 8.94. The molecule has 1 amide bonds. The van der Waals surface area contributed by atoms with Crippen LogP contribution in [0.1, 0.15) is 29.8 Å². The van der Waals surface area contributed by atoms with Crippen LogP contribution in [0.4, 0.5) is 4.79 Å². The average molecular weight is 480 g/mol. The van der Waals surface area contributed by atoms with Crippen molar-refractivity contribution in [3.8, 4) is 0 Å².